The molecule has 0 saturated heterocycles. The van der Waals surface area contributed by atoms with E-state index in [1.807, 2.05) is 24.3 Å². The van der Waals surface area contributed by atoms with Crippen LogP contribution in [0.3, 0.4) is 0 Å². The van der Waals surface area contributed by atoms with Gasteiger partial charge in [0.15, 0.2) is 0 Å². The van der Waals surface area contributed by atoms with Gasteiger partial charge in [0.05, 0.1) is 5.52 Å². The van der Waals surface area contributed by atoms with Gasteiger partial charge in [-0.1, -0.05) is 18.2 Å². The number of pyridine rings is 2. The van der Waals surface area contributed by atoms with E-state index in [9.17, 15) is 9.18 Å². The lowest BCUT2D eigenvalue weighted by Gasteiger charge is -2.30. The fraction of sp³-hybridized carbons (Fsp3) is 0.222. The Morgan fingerprint density at radius 2 is 1.63 bits per heavy atom. The van der Waals surface area contributed by atoms with E-state index in [1.54, 1.807) is 18.3 Å². The summed E-state index contributed by atoms with van der Waals surface area (Å²) >= 11 is 0. The van der Waals surface area contributed by atoms with Crippen LogP contribution >= 0.6 is 12.4 Å². The first-order valence-electron chi connectivity index (χ1n) is 11.5. The highest BCUT2D eigenvalue weighted by molar-refractivity contribution is 5.96. The number of nitrogens with one attached hydrogen (secondary N) is 2. The lowest BCUT2D eigenvalue weighted by atomic mass is 9.91. The van der Waals surface area contributed by atoms with E-state index in [0.29, 0.717) is 17.4 Å². The van der Waals surface area contributed by atoms with Crippen molar-refractivity contribution >= 4 is 35.0 Å². The summed E-state index contributed by atoms with van der Waals surface area (Å²) in [6, 6.07) is 21.6. The molecule has 5 rings (SSSR count). The van der Waals surface area contributed by atoms with E-state index in [2.05, 4.69) is 27.8 Å². The zero-order valence-electron chi connectivity index (χ0n) is 19.0. The number of aromatic nitrogens is 2. The van der Waals surface area contributed by atoms with Crippen molar-refractivity contribution in [2.24, 2.45) is 0 Å². The van der Waals surface area contributed by atoms with Gasteiger partial charge in [-0.15, -0.1) is 12.4 Å². The van der Waals surface area contributed by atoms with Gasteiger partial charge in [-0.05, 0) is 80.3 Å². The van der Waals surface area contributed by atoms with Crippen LogP contribution in [0, 0.1) is 5.82 Å². The third kappa shape index (κ3) is 6.05. The van der Waals surface area contributed by atoms with Crippen LogP contribution in [-0.2, 0) is 0 Å². The molecule has 0 spiro atoms. The Morgan fingerprint density at radius 3 is 2.43 bits per heavy atom. The number of hydrogen-bond donors (Lipinski definition) is 2. The van der Waals surface area contributed by atoms with Crippen LogP contribution in [0.4, 0.5) is 10.2 Å². The van der Waals surface area contributed by atoms with Crippen LogP contribution in [0.1, 0.15) is 36.0 Å². The molecule has 0 unspecified atom stereocenters. The van der Waals surface area contributed by atoms with Crippen molar-refractivity contribution in [1.82, 2.24) is 15.3 Å². The molecule has 0 aliphatic heterocycles. The maximum absolute atomic E-state index is 13.2. The molecular formula is C27H26ClFN4O2. The van der Waals surface area contributed by atoms with E-state index < -0.39 is 0 Å². The van der Waals surface area contributed by atoms with E-state index >= 15 is 0 Å². The largest absolute Gasteiger partial charge is 0.438 e. The zero-order chi connectivity index (χ0) is 23.3. The highest BCUT2D eigenvalue weighted by Crippen LogP contribution is 2.26. The molecule has 4 aromatic rings. The van der Waals surface area contributed by atoms with Gasteiger partial charge >= 0.3 is 0 Å². The summed E-state index contributed by atoms with van der Waals surface area (Å²) < 4.78 is 18.9. The Hall–Kier alpha value is -3.71. The summed E-state index contributed by atoms with van der Waals surface area (Å²) in [5.41, 5.74) is 1.33. The Morgan fingerprint density at radius 1 is 0.886 bits per heavy atom. The fourth-order valence-electron chi connectivity index (χ4n) is 4.26. The van der Waals surface area contributed by atoms with Gasteiger partial charge in [0.25, 0.3) is 5.91 Å². The number of anilines is 1. The van der Waals surface area contributed by atoms with Crippen LogP contribution in [0.25, 0.3) is 10.9 Å². The first-order chi connectivity index (χ1) is 16.6. The molecule has 8 heteroatoms. The van der Waals surface area contributed by atoms with Crippen LogP contribution in [0.5, 0.6) is 11.6 Å². The third-order valence-electron chi connectivity index (χ3n) is 6.06. The first kappa shape index (κ1) is 24.4. The quantitative estimate of drug-likeness (QED) is 0.338. The minimum absolute atomic E-state index is 0. The van der Waals surface area contributed by atoms with Crippen molar-refractivity contribution in [3.05, 3.63) is 90.4 Å². The Labute approximate surface area is 209 Å². The number of rotatable bonds is 6. The molecule has 6 nitrogen and oxygen atoms in total. The molecule has 1 fully saturated rings. The third-order valence-corrected chi connectivity index (χ3v) is 6.06. The monoisotopic (exact) mass is 492 g/mol. The number of para-hydroxylation sites is 1. The van der Waals surface area contributed by atoms with Gasteiger partial charge in [0.2, 0.25) is 5.88 Å². The molecule has 180 valence electrons. The minimum atomic E-state index is -0.354. The maximum Gasteiger partial charge on any atom is 0.257 e. The lowest BCUT2D eigenvalue weighted by molar-refractivity contribution is 0.0923. The highest BCUT2D eigenvalue weighted by Gasteiger charge is 2.24. The fourth-order valence-corrected chi connectivity index (χ4v) is 4.26. The first-order valence-corrected chi connectivity index (χ1v) is 11.5. The molecule has 1 aliphatic carbocycles. The summed E-state index contributed by atoms with van der Waals surface area (Å²) in [6.45, 7) is 0. The molecule has 0 atom stereocenters. The standard InChI is InChI=1S/C27H25FN4O2.ClH/c28-19-8-14-22(15-9-19)34-27-23(5-3-17-29-27)26(33)31-21-12-10-20(11-13-21)30-25-16-7-18-4-1-2-6-24(18)32-25;/h1-9,14-17,20-21H,10-13H2,(H,30,32)(H,31,33);1H. The van der Waals surface area contributed by atoms with E-state index in [4.69, 9.17) is 9.72 Å². The molecule has 2 aromatic heterocycles. The Kier molecular flexibility index (Phi) is 7.77. The van der Waals surface area contributed by atoms with Crippen molar-refractivity contribution in [2.75, 3.05) is 5.32 Å². The molecule has 0 bridgehead atoms. The molecule has 2 N–H and O–H groups in total. The number of benzene rings is 2. The number of carbonyl (C=O) groups excluding carboxylic acids is 1. The Balaban J connectivity index is 0.00000289. The van der Waals surface area contributed by atoms with Crippen LogP contribution in [-0.4, -0.2) is 28.0 Å². The molecule has 2 aromatic carbocycles. The molecule has 0 radical (unpaired) electrons. The summed E-state index contributed by atoms with van der Waals surface area (Å²) in [7, 11) is 0. The topological polar surface area (TPSA) is 76.1 Å². The smallest absolute Gasteiger partial charge is 0.257 e. The van der Waals surface area contributed by atoms with Gasteiger partial charge in [-0.25, -0.2) is 14.4 Å². The van der Waals surface area contributed by atoms with Gasteiger partial charge < -0.3 is 15.4 Å². The molecule has 35 heavy (non-hydrogen) atoms. The van der Waals surface area contributed by atoms with Crippen molar-refractivity contribution in [3.63, 3.8) is 0 Å². The second kappa shape index (κ2) is 11.1. The average Bonchev–Trinajstić information content (AvgIpc) is 2.87. The molecule has 1 aliphatic rings. The van der Waals surface area contributed by atoms with Gasteiger partial charge in [-0.3, -0.25) is 4.79 Å². The van der Waals surface area contributed by atoms with Crippen LogP contribution < -0.4 is 15.4 Å². The second-order valence-corrected chi connectivity index (χ2v) is 8.47. The van der Waals surface area contributed by atoms with Crippen molar-refractivity contribution in [1.29, 1.82) is 0 Å². The number of ether oxygens (including phenoxy) is 1. The summed E-state index contributed by atoms with van der Waals surface area (Å²) in [5.74, 6) is 0.919. The molecule has 1 amide bonds. The van der Waals surface area contributed by atoms with E-state index in [1.165, 1.54) is 24.3 Å². The number of amides is 1. The zero-order valence-corrected chi connectivity index (χ0v) is 19.8. The van der Waals surface area contributed by atoms with Crippen molar-refractivity contribution < 1.29 is 13.9 Å². The minimum Gasteiger partial charge on any atom is -0.438 e. The second-order valence-electron chi connectivity index (χ2n) is 8.47. The maximum atomic E-state index is 13.2. The summed E-state index contributed by atoms with van der Waals surface area (Å²) in [5, 5.41) is 7.78. The number of carbonyl (C=O) groups is 1. The molecule has 2 heterocycles. The van der Waals surface area contributed by atoms with Crippen molar-refractivity contribution in [2.45, 2.75) is 37.8 Å². The van der Waals surface area contributed by atoms with Crippen LogP contribution in [0.2, 0.25) is 0 Å². The predicted octanol–water partition coefficient (Wildman–Crippen LogP) is 6.14. The normalized spacial score (nSPS) is 17.3. The Bertz CT molecular complexity index is 1290. The number of fused-ring (bicyclic) bond motifs is 1. The van der Waals surface area contributed by atoms with Crippen LogP contribution in [0.15, 0.2) is 79.0 Å². The average molecular weight is 493 g/mol. The van der Waals surface area contributed by atoms with Gasteiger partial charge in [0.1, 0.15) is 22.9 Å². The van der Waals surface area contributed by atoms with Crippen molar-refractivity contribution in [3.8, 4) is 11.6 Å². The van der Waals surface area contributed by atoms with E-state index in [-0.39, 0.29) is 36.1 Å². The lowest BCUT2D eigenvalue weighted by Crippen LogP contribution is -2.40. The number of nitrogens with zero attached hydrogens (tertiary/aromatic N) is 2. The number of halogens is 2. The van der Waals surface area contributed by atoms with Gasteiger partial charge in [0, 0.05) is 23.7 Å². The highest BCUT2D eigenvalue weighted by atomic mass is 35.5. The summed E-state index contributed by atoms with van der Waals surface area (Å²) in [4.78, 5) is 21.9. The molecular weight excluding hydrogens is 467 g/mol. The number of hydrogen-bond acceptors (Lipinski definition) is 5. The molecule has 1 saturated carbocycles. The summed E-state index contributed by atoms with van der Waals surface area (Å²) in [6.07, 6.45) is 5.17. The predicted molar refractivity (Wildman–Crippen MR) is 137 cm³/mol. The SMILES string of the molecule is Cl.O=C(NC1CCC(Nc2ccc3ccccc3n2)CC1)c1cccnc1Oc1ccc(F)cc1. The van der Waals surface area contributed by atoms with Gasteiger partial charge in [-0.2, -0.15) is 0 Å². The van der Waals surface area contributed by atoms with E-state index in [0.717, 1.165) is 42.4 Å².